The van der Waals surface area contributed by atoms with Gasteiger partial charge in [-0.2, -0.15) is 12.1 Å². The van der Waals surface area contributed by atoms with Crippen molar-refractivity contribution in [1.82, 2.24) is 0 Å². The van der Waals surface area contributed by atoms with Gasteiger partial charge in [0.2, 0.25) is 0 Å². The SMILES string of the molecule is CCCC1(Cc2cc3c(-c4ccccc4C(C)(C)C)cccc3[cH-]2)CCCCCCC1.CCCC1(Cc2cc3c(-c4ccccc4C(C)(C)C)cccc3[cH-]2)CCCCCCC1.Cl.Cl.[CH3-].[CH3-].[Si]=[Zr]. The molecule has 0 atom stereocenters. The fraction of sp³-hybridized carbons (Fsp3) is 0.500. The molecule has 0 spiro atoms. The molecule has 2 saturated carbocycles. The molecule has 8 rings (SSSR count). The summed E-state index contributed by atoms with van der Waals surface area (Å²) in [4.78, 5) is 0. The van der Waals surface area contributed by atoms with Crippen LogP contribution in [-0.2, 0) is 47.0 Å². The Morgan fingerprint density at radius 3 is 1.09 bits per heavy atom. The Morgan fingerprint density at radius 1 is 0.456 bits per heavy atom. The van der Waals surface area contributed by atoms with Gasteiger partial charge in [-0.25, -0.2) is 0 Å². The molecule has 0 amide bonds. The maximum absolute atomic E-state index is 3.06. The van der Waals surface area contributed by atoms with E-state index >= 15 is 0 Å². The van der Waals surface area contributed by atoms with Crippen molar-refractivity contribution in [3.63, 3.8) is 0 Å². The summed E-state index contributed by atoms with van der Waals surface area (Å²) in [5, 5.41) is 5.70. The van der Waals surface area contributed by atoms with Crippen LogP contribution >= 0.6 is 24.8 Å². The van der Waals surface area contributed by atoms with E-state index in [9.17, 15) is 0 Å². The summed E-state index contributed by atoms with van der Waals surface area (Å²) in [6.45, 7) is 21.8. The molecule has 0 aromatic heterocycles. The van der Waals surface area contributed by atoms with E-state index in [-0.39, 0.29) is 50.5 Å². The molecule has 0 nitrogen and oxygen atoms in total. The molecule has 6 aromatic rings. The van der Waals surface area contributed by atoms with E-state index in [0.717, 1.165) is 0 Å². The molecule has 0 unspecified atom stereocenters. The summed E-state index contributed by atoms with van der Waals surface area (Å²) in [5.74, 6) is 0. The topological polar surface area (TPSA) is 0 Å². The van der Waals surface area contributed by atoms with E-state index in [2.05, 4.69) is 171 Å². The molecule has 2 fully saturated rings. The van der Waals surface area contributed by atoms with Gasteiger partial charge in [0, 0.05) is 0 Å². The molecular formula is C64H90Cl2SiZr-4. The number of hydrogen-bond donors (Lipinski definition) is 0. The zero-order valence-electron chi connectivity index (χ0n) is 44.4. The van der Waals surface area contributed by atoms with Crippen molar-refractivity contribution >= 4 is 53.2 Å². The number of benzene rings is 4. The van der Waals surface area contributed by atoms with Gasteiger partial charge in [-0.15, -0.1) is 93.9 Å². The quantitative estimate of drug-likeness (QED) is 0.0947. The maximum atomic E-state index is 3.06. The third-order valence-corrected chi connectivity index (χ3v) is 15.2. The Balaban J connectivity index is 0.000000426. The first-order valence-corrected chi connectivity index (χ1v) is 29.8. The van der Waals surface area contributed by atoms with Crippen LogP contribution in [-0.4, -0.2) is 6.88 Å². The second-order valence-corrected chi connectivity index (χ2v) is 22.3. The fourth-order valence-electron chi connectivity index (χ4n) is 12.3. The van der Waals surface area contributed by atoms with Crippen LogP contribution in [0.5, 0.6) is 0 Å². The van der Waals surface area contributed by atoms with Crippen LogP contribution in [0.15, 0.2) is 109 Å². The predicted molar refractivity (Wildman–Crippen MR) is 307 cm³/mol. The van der Waals surface area contributed by atoms with Crippen LogP contribution in [0.25, 0.3) is 43.8 Å². The molecule has 4 heteroatoms. The van der Waals surface area contributed by atoms with Gasteiger partial charge >= 0.3 is 30.2 Å². The molecule has 0 aliphatic heterocycles. The van der Waals surface area contributed by atoms with Gasteiger partial charge < -0.3 is 14.9 Å². The van der Waals surface area contributed by atoms with Crippen molar-refractivity contribution in [2.24, 2.45) is 10.8 Å². The predicted octanol–water partition coefficient (Wildman–Crippen LogP) is 20.6. The Hall–Kier alpha value is -2.22. The van der Waals surface area contributed by atoms with Crippen LogP contribution in [0, 0.1) is 25.7 Å². The normalized spacial score (nSPS) is 15.9. The minimum absolute atomic E-state index is 0. The summed E-state index contributed by atoms with van der Waals surface area (Å²) in [7, 11) is 0. The van der Waals surface area contributed by atoms with Gasteiger partial charge in [0.1, 0.15) is 0 Å². The zero-order chi connectivity index (χ0) is 45.8. The van der Waals surface area contributed by atoms with E-state index in [1.807, 2.05) is 0 Å². The summed E-state index contributed by atoms with van der Waals surface area (Å²) in [6.07, 6.45) is 27.9. The molecule has 2 aliphatic rings. The molecule has 0 N–H and O–H groups in total. The van der Waals surface area contributed by atoms with E-state index in [1.54, 1.807) is 11.1 Å². The third kappa shape index (κ3) is 15.9. The van der Waals surface area contributed by atoms with Gasteiger partial charge in [0.15, 0.2) is 0 Å². The number of hydrogen-bond acceptors (Lipinski definition) is 0. The molecule has 0 heterocycles. The van der Waals surface area contributed by atoms with Gasteiger partial charge in [-0.1, -0.05) is 204 Å². The molecule has 372 valence electrons. The van der Waals surface area contributed by atoms with E-state index in [4.69, 9.17) is 0 Å². The van der Waals surface area contributed by atoms with Crippen LogP contribution in [0.4, 0.5) is 0 Å². The molecule has 0 saturated heterocycles. The van der Waals surface area contributed by atoms with Crippen LogP contribution in [0.3, 0.4) is 0 Å². The van der Waals surface area contributed by atoms with Crippen molar-refractivity contribution in [1.29, 1.82) is 0 Å². The van der Waals surface area contributed by atoms with Crippen LogP contribution in [0.1, 0.15) is 193 Å². The first-order chi connectivity index (χ1) is 30.8. The van der Waals surface area contributed by atoms with Gasteiger partial charge in [0.25, 0.3) is 0 Å². The third-order valence-electron chi connectivity index (χ3n) is 15.2. The van der Waals surface area contributed by atoms with Crippen molar-refractivity contribution < 1.29 is 23.3 Å². The average Bonchev–Trinajstić information content (AvgIpc) is 3.87. The fourth-order valence-corrected chi connectivity index (χ4v) is 12.3. The standard InChI is InChI=1S/2C31H41.2CH3.2ClH.Si.Zr/c2*1-5-18-31(19-11-7-6-8-12-20-31)23-24-21-25-14-13-16-26(28(25)22-24)27-15-9-10-17-29(27)30(2,3)4;;;;;;/h2*9-10,13-17,21-22H,5-8,11-12,18-20,23H2,1-4H3;2*1H3;2*1H;;/q4*-1;;;;. The van der Waals surface area contributed by atoms with E-state index in [0.29, 0.717) is 10.8 Å². The monoisotopic (exact) mass is 1050 g/mol. The number of fused-ring (bicyclic) bond motifs is 2. The summed E-state index contributed by atoms with van der Waals surface area (Å²) >= 11 is 1.36. The first kappa shape index (κ1) is 61.9. The molecule has 6 aromatic carbocycles. The van der Waals surface area contributed by atoms with E-state index in [1.165, 1.54) is 207 Å². The van der Waals surface area contributed by atoms with E-state index < -0.39 is 0 Å². The Bertz CT molecular complexity index is 2180. The Kier molecular flexibility index (Phi) is 26.1. The van der Waals surface area contributed by atoms with Gasteiger partial charge in [-0.3, -0.25) is 0 Å². The number of halogens is 2. The number of rotatable bonds is 10. The zero-order valence-corrected chi connectivity index (χ0v) is 49.4. The second kappa shape index (κ2) is 28.7. The van der Waals surface area contributed by atoms with Crippen LogP contribution in [0.2, 0.25) is 0 Å². The second-order valence-electron chi connectivity index (χ2n) is 22.3. The van der Waals surface area contributed by atoms with Crippen molar-refractivity contribution in [3.05, 3.63) is 146 Å². The first-order valence-electron chi connectivity index (χ1n) is 25.7. The summed E-state index contributed by atoms with van der Waals surface area (Å²) in [5.41, 5.74) is 12.9. The summed E-state index contributed by atoms with van der Waals surface area (Å²) < 4.78 is 0. The summed E-state index contributed by atoms with van der Waals surface area (Å²) in [6, 6.07) is 41.8. The molecule has 68 heavy (non-hydrogen) atoms. The Labute approximate surface area is 447 Å². The molecule has 2 aliphatic carbocycles. The van der Waals surface area contributed by atoms with Gasteiger partial charge in [-0.05, 0) is 95.3 Å². The Morgan fingerprint density at radius 2 is 0.765 bits per heavy atom. The van der Waals surface area contributed by atoms with Crippen molar-refractivity contribution in [3.8, 4) is 22.3 Å². The molecule has 2 radical (unpaired) electrons. The minimum atomic E-state index is 0. The molecular weight excluding hydrogens is 959 g/mol. The molecule has 0 bridgehead atoms. The average molecular weight is 1050 g/mol. The van der Waals surface area contributed by atoms with Gasteiger partial charge in [0.05, 0.1) is 0 Å². The van der Waals surface area contributed by atoms with Crippen molar-refractivity contribution in [2.45, 2.75) is 195 Å². The van der Waals surface area contributed by atoms with Crippen molar-refractivity contribution in [2.75, 3.05) is 0 Å². The van der Waals surface area contributed by atoms with Crippen LogP contribution < -0.4 is 0 Å².